The fraction of sp³-hybridized carbons (Fsp3) is 0.417. The van der Waals surface area contributed by atoms with Gasteiger partial charge in [-0.25, -0.2) is 4.79 Å². The summed E-state index contributed by atoms with van der Waals surface area (Å²) in [5.41, 5.74) is 1.04. The van der Waals surface area contributed by atoms with E-state index in [1.165, 1.54) is 0 Å². The molecule has 0 saturated carbocycles. The van der Waals surface area contributed by atoms with Gasteiger partial charge < -0.3 is 4.42 Å². The summed E-state index contributed by atoms with van der Waals surface area (Å²) in [6.45, 7) is 9.51. The van der Waals surface area contributed by atoms with Crippen molar-refractivity contribution in [3.63, 3.8) is 0 Å². The van der Waals surface area contributed by atoms with Crippen LogP contribution in [0.2, 0.25) is 0 Å². The van der Waals surface area contributed by atoms with Crippen LogP contribution in [0, 0.1) is 6.92 Å². The topological polar surface area (TPSA) is 30.2 Å². The molecular weight excluding hydrogens is 176 g/mol. The molecule has 0 saturated heterocycles. The minimum atomic E-state index is -0.256. The molecule has 0 spiro atoms. The van der Waals surface area contributed by atoms with Crippen LogP contribution in [0.4, 0.5) is 0 Å². The quantitative estimate of drug-likeness (QED) is 0.627. The first-order valence-electron chi connectivity index (χ1n) is 4.92. The Hall–Kier alpha value is -1.31. The van der Waals surface area contributed by atoms with Gasteiger partial charge in [0.25, 0.3) is 0 Å². The Morgan fingerprint density at radius 1 is 1.21 bits per heavy atom. The van der Waals surface area contributed by atoms with Crippen molar-refractivity contribution in [3.05, 3.63) is 32.7 Å². The van der Waals surface area contributed by atoms with Crippen molar-refractivity contribution in [1.82, 2.24) is 0 Å². The van der Waals surface area contributed by atoms with Gasteiger partial charge in [0.2, 0.25) is 0 Å². The third-order valence-corrected chi connectivity index (χ3v) is 1.75. The molecule has 1 rings (SSSR count). The molecule has 0 aliphatic rings. The molecule has 2 nitrogen and oxygen atoms in total. The van der Waals surface area contributed by atoms with Gasteiger partial charge in [-0.15, -0.1) is 0 Å². The van der Waals surface area contributed by atoms with Crippen LogP contribution < -0.4 is 16.3 Å². The minimum Gasteiger partial charge on any atom is -0.423 e. The van der Waals surface area contributed by atoms with E-state index in [9.17, 15) is 4.79 Å². The first kappa shape index (κ1) is 12.7. The lowest BCUT2D eigenvalue weighted by Gasteiger charge is -1.90. The molecular formula is C12H18O2. The number of aryl methyl sites for hydroxylation is 1. The molecule has 0 aliphatic carbocycles. The molecule has 1 aromatic heterocycles. The van der Waals surface area contributed by atoms with Gasteiger partial charge in [-0.2, -0.15) is 0 Å². The van der Waals surface area contributed by atoms with Crippen molar-refractivity contribution in [1.29, 1.82) is 0 Å². The average molecular weight is 194 g/mol. The van der Waals surface area contributed by atoms with E-state index in [0.29, 0.717) is 11.0 Å². The van der Waals surface area contributed by atoms with Gasteiger partial charge in [-0.3, -0.25) is 0 Å². The SMILES string of the molecule is C/C=c1/cc(C)c(=O)o/c1=C/C.CC. The van der Waals surface area contributed by atoms with Crippen LogP contribution in [-0.4, -0.2) is 0 Å². The molecule has 0 unspecified atom stereocenters. The second-order valence-corrected chi connectivity index (χ2v) is 2.61. The molecule has 0 atom stereocenters. The second-order valence-electron chi connectivity index (χ2n) is 2.61. The van der Waals surface area contributed by atoms with Gasteiger partial charge >= 0.3 is 5.63 Å². The summed E-state index contributed by atoms with van der Waals surface area (Å²) in [6.07, 6.45) is 3.71. The number of hydrogen-bond acceptors (Lipinski definition) is 2. The maximum atomic E-state index is 11.1. The van der Waals surface area contributed by atoms with E-state index in [-0.39, 0.29) is 5.63 Å². The molecule has 2 heteroatoms. The van der Waals surface area contributed by atoms with Gasteiger partial charge in [-0.05, 0) is 32.9 Å². The van der Waals surface area contributed by atoms with Crippen molar-refractivity contribution in [2.45, 2.75) is 34.6 Å². The molecule has 0 fully saturated rings. The first-order chi connectivity index (χ1) is 6.69. The zero-order valence-corrected chi connectivity index (χ0v) is 9.55. The first-order valence-corrected chi connectivity index (χ1v) is 4.92. The highest BCUT2D eigenvalue weighted by Gasteiger charge is 1.94. The van der Waals surface area contributed by atoms with Crippen molar-refractivity contribution in [3.8, 4) is 0 Å². The largest absolute Gasteiger partial charge is 0.423 e. The molecule has 0 amide bonds. The van der Waals surface area contributed by atoms with Crippen LogP contribution >= 0.6 is 0 Å². The Morgan fingerprint density at radius 2 is 1.79 bits per heavy atom. The Bertz CT molecular complexity index is 438. The van der Waals surface area contributed by atoms with E-state index in [2.05, 4.69) is 0 Å². The summed E-state index contributed by atoms with van der Waals surface area (Å²) in [5.74, 6) is 0. The van der Waals surface area contributed by atoms with Crippen LogP contribution in [0.5, 0.6) is 0 Å². The Kier molecular flexibility index (Phi) is 5.61. The van der Waals surface area contributed by atoms with Crippen LogP contribution in [-0.2, 0) is 0 Å². The van der Waals surface area contributed by atoms with Gasteiger partial charge in [0, 0.05) is 10.8 Å². The van der Waals surface area contributed by atoms with Crippen molar-refractivity contribution in [2.75, 3.05) is 0 Å². The maximum absolute atomic E-state index is 11.1. The Morgan fingerprint density at radius 3 is 2.21 bits per heavy atom. The Balaban J connectivity index is 0.000000791. The van der Waals surface area contributed by atoms with E-state index in [4.69, 9.17) is 4.42 Å². The highest BCUT2D eigenvalue weighted by molar-refractivity contribution is 5.25. The molecule has 1 aromatic rings. The monoisotopic (exact) mass is 194 g/mol. The van der Waals surface area contributed by atoms with E-state index in [0.717, 1.165) is 5.22 Å². The highest BCUT2D eigenvalue weighted by Crippen LogP contribution is 1.77. The Labute approximate surface area is 84.6 Å². The van der Waals surface area contributed by atoms with Gasteiger partial charge in [0.1, 0.15) is 5.42 Å². The van der Waals surface area contributed by atoms with Gasteiger partial charge in [0.05, 0.1) is 0 Å². The van der Waals surface area contributed by atoms with Crippen molar-refractivity contribution < 1.29 is 4.42 Å². The predicted octanol–water partition coefficient (Wildman–Crippen LogP) is 1.58. The lowest BCUT2D eigenvalue weighted by molar-refractivity contribution is 0.468. The summed E-state index contributed by atoms with van der Waals surface area (Å²) in [4.78, 5) is 11.1. The maximum Gasteiger partial charge on any atom is 0.339 e. The fourth-order valence-electron chi connectivity index (χ4n) is 1.05. The molecule has 0 bridgehead atoms. The van der Waals surface area contributed by atoms with Gasteiger partial charge in [-0.1, -0.05) is 19.9 Å². The zero-order valence-electron chi connectivity index (χ0n) is 9.55. The van der Waals surface area contributed by atoms with E-state index in [1.54, 1.807) is 13.0 Å². The van der Waals surface area contributed by atoms with Gasteiger partial charge in [0.15, 0.2) is 0 Å². The van der Waals surface area contributed by atoms with Crippen molar-refractivity contribution in [2.24, 2.45) is 0 Å². The number of hydrogen-bond donors (Lipinski definition) is 0. The molecule has 0 radical (unpaired) electrons. The third-order valence-electron chi connectivity index (χ3n) is 1.75. The van der Waals surface area contributed by atoms with E-state index >= 15 is 0 Å². The van der Waals surface area contributed by atoms with E-state index < -0.39 is 0 Å². The second kappa shape index (κ2) is 6.19. The third kappa shape index (κ3) is 2.87. The lowest BCUT2D eigenvalue weighted by Crippen LogP contribution is -2.29. The fourth-order valence-corrected chi connectivity index (χ4v) is 1.05. The lowest BCUT2D eigenvalue weighted by atomic mass is 10.2. The highest BCUT2D eigenvalue weighted by atomic mass is 16.4. The van der Waals surface area contributed by atoms with E-state index in [1.807, 2.05) is 39.8 Å². The summed E-state index contributed by atoms with van der Waals surface area (Å²) < 4.78 is 5.04. The average Bonchev–Trinajstić information content (AvgIpc) is 2.24. The number of rotatable bonds is 0. The predicted molar refractivity (Wildman–Crippen MR) is 60.6 cm³/mol. The molecule has 0 aromatic carbocycles. The smallest absolute Gasteiger partial charge is 0.339 e. The zero-order chi connectivity index (χ0) is 11.1. The normalized spacial score (nSPS) is 12.4. The molecule has 0 aliphatic heterocycles. The van der Waals surface area contributed by atoms with Crippen LogP contribution in [0.1, 0.15) is 33.3 Å². The molecule has 0 N–H and O–H groups in total. The summed E-state index contributed by atoms with van der Waals surface area (Å²) in [5, 5.41) is 0.967. The summed E-state index contributed by atoms with van der Waals surface area (Å²) >= 11 is 0. The molecule has 78 valence electrons. The molecule has 14 heavy (non-hydrogen) atoms. The van der Waals surface area contributed by atoms with Crippen LogP contribution in [0.25, 0.3) is 12.2 Å². The summed E-state index contributed by atoms with van der Waals surface area (Å²) in [6, 6.07) is 1.83. The minimum absolute atomic E-state index is 0.256. The summed E-state index contributed by atoms with van der Waals surface area (Å²) in [7, 11) is 0. The standard InChI is InChI=1S/C10H12O2.C2H6/c1-4-8-6-7(3)10(11)12-9(8)5-2;1-2/h4-6H,1-3H3;1-2H3/b8-4-,9-5+;. The van der Waals surface area contributed by atoms with Crippen LogP contribution in [0.15, 0.2) is 15.3 Å². The molecule has 1 heterocycles. The van der Waals surface area contributed by atoms with Crippen LogP contribution in [0.3, 0.4) is 0 Å². The van der Waals surface area contributed by atoms with Crippen molar-refractivity contribution >= 4 is 12.2 Å².